The van der Waals surface area contributed by atoms with E-state index < -0.39 is 11.6 Å². The molecule has 0 amide bonds. The van der Waals surface area contributed by atoms with Crippen LogP contribution in [-0.2, 0) is 6.54 Å². The third-order valence-corrected chi connectivity index (χ3v) is 4.02. The average molecular weight is 409 g/mol. The summed E-state index contributed by atoms with van der Waals surface area (Å²) in [5, 5.41) is 12.6. The minimum Gasteiger partial charge on any atom is -0.512 e. The van der Waals surface area contributed by atoms with Gasteiger partial charge in [0.05, 0.1) is 18.6 Å². The lowest BCUT2D eigenvalue weighted by atomic mass is 10.1. The average Bonchev–Trinajstić information content (AvgIpc) is 2.62. The first kappa shape index (κ1) is 18.9. The highest BCUT2D eigenvalue weighted by molar-refractivity contribution is 9.10. The Bertz CT molecular complexity index is 792. The van der Waals surface area contributed by atoms with Crippen molar-refractivity contribution in [2.24, 2.45) is 0 Å². The summed E-state index contributed by atoms with van der Waals surface area (Å²) in [4.78, 5) is 16.2. The van der Waals surface area contributed by atoms with Gasteiger partial charge in [-0.2, -0.15) is 0 Å². The van der Waals surface area contributed by atoms with Crippen LogP contribution in [-0.4, -0.2) is 23.0 Å². The summed E-state index contributed by atoms with van der Waals surface area (Å²) in [7, 11) is 1.58. The number of pyridine rings is 1. The van der Waals surface area contributed by atoms with Crippen LogP contribution >= 0.6 is 15.9 Å². The van der Waals surface area contributed by atoms with Crippen molar-refractivity contribution in [3.05, 3.63) is 63.8 Å². The van der Waals surface area contributed by atoms with Gasteiger partial charge in [0.25, 0.3) is 0 Å². The molecule has 0 saturated heterocycles. The van der Waals surface area contributed by atoms with Crippen LogP contribution in [0.1, 0.15) is 29.4 Å². The van der Waals surface area contributed by atoms with E-state index in [1.54, 1.807) is 14.0 Å². The van der Waals surface area contributed by atoms with E-state index in [-0.39, 0.29) is 21.7 Å². The summed E-state index contributed by atoms with van der Waals surface area (Å²) in [6.45, 7) is 2.09. The van der Waals surface area contributed by atoms with Crippen molar-refractivity contribution in [1.29, 1.82) is 0 Å². The molecule has 2 rings (SSSR count). The second-order valence-corrected chi connectivity index (χ2v) is 5.96. The predicted molar refractivity (Wildman–Crippen MR) is 97.5 cm³/mol. The number of rotatable bonds is 7. The van der Waals surface area contributed by atoms with Gasteiger partial charge in [0, 0.05) is 25.1 Å². The molecule has 0 spiro atoms. The number of aromatic nitrogens is 1. The number of anilines is 1. The van der Waals surface area contributed by atoms with Gasteiger partial charge in [-0.1, -0.05) is 19.1 Å². The van der Waals surface area contributed by atoms with E-state index in [1.807, 2.05) is 24.3 Å². The first-order valence-corrected chi connectivity index (χ1v) is 8.40. The molecule has 0 atom stereocenters. The summed E-state index contributed by atoms with van der Waals surface area (Å²) in [6, 6.07) is 8.54. The molecule has 1 aromatic carbocycles. The van der Waals surface area contributed by atoms with Gasteiger partial charge in [-0.05, 0) is 33.6 Å². The maximum absolute atomic E-state index is 13.8. The smallest absolute Gasteiger partial charge is 0.209 e. The highest BCUT2D eigenvalue weighted by atomic mass is 79.9. The van der Waals surface area contributed by atoms with E-state index in [4.69, 9.17) is 4.74 Å². The van der Waals surface area contributed by atoms with Crippen molar-refractivity contribution in [3.63, 3.8) is 0 Å². The van der Waals surface area contributed by atoms with Gasteiger partial charge in [-0.25, -0.2) is 9.37 Å². The molecule has 25 heavy (non-hydrogen) atoms. The number of methoxy groups -OCH3 is 1. The lowest BCUT2D eigenvalue weighted by molar-refractivity contribution is 0.103. The van der Waals surface area contributed by atoms with E-state index in [2.05, 4.69) is 26.2 Å². The van der Waals surface area contributed by atoms with Crippen LogP contribution in [0.3, 0.4) is 0 Å². The molecule has 0 radical (unpaired) electrons. The van der Waals surface area contributed by atoms with Crippen LogP contribution in [0.5, 0.6) is 5.75 Å². The molecule has 0 aliphatic heterocycles. The van der Waals surface area contributed by atoms with Gasteiger partial charge in [-0.15, -0.1) is 0 Å². The van der Waals surface area contributed by atoms with E-state index in [9.17, 15) is 14.3 Å². The molecule has 0 aliphatic carbocycles. The number of nitrogens with zero attached hydrogens (tertiary/aromatic N) is 1. The number of aliphatic hydroxyl groups is 1. The highest BCUT2D eigenvalue weighted by Gasteiger charge is 2.16. The highest BCUT2D eigenvalue weighted by Crippen LogP contribution is 2.23. The number of carbonyl (C=O) groups excluding carboxylic acids is 1. The Morgan fingerprint density at radius 2 is 2.08 bits per heavy atom. The molecule has 0 saturated carbocycles. The zero-order chi connectivity index (χ0) is 18.4. The maximum Gasteiger partial charge on any atom is 0.209 e. The minimum atomic E-state index is -0.586. The number of benzene rings is 1. The predicted octanol–water partition coefficient (Wildman–Crippen LogP) is 4.64. The van der Waals surface area contributed by atoms with Crippen molar-refractivity contribution in [3.8, 4) is 5.75 Å². The van der Waals surface area contributed by atoms with Crippen molar-refractivity contribution >= 4 is 27.4 Å². The molecule has 5 nitrogen and oxygen atoms in total. The SMILES string of the molecule is CCC(O)=CC(=O)c1nc(Br)c(F)cc1NCc1ccc(OC)cc1. The second kappa shape index (κ2) is 8.62. The quantitative estimate of drug-likeness (QED) is 0.302. The first-order chi connectivity index (χ1) is 11.9. The van der Waals surface area contributed by atoms with Crippen molar-refractivity contribution in [1.82, 2.24) is 4.98 Å². The van der Waals surface area contributed by atoms with Crippen molar-refractivity contribution in [2.45, 2.75) is 19.9 Å². The normalized spacial score (nSPS) is 11.3. The molecule has 1 aromatic heterocycles. The van der Waals surface area contributed by atoms with Crippen LogP contribution in [0.25, 0.3) is 0 Å². The topological polar surface area (TPSA) is 71.5 Å². The fourth-order valence-corrected chi connectivity index (χ4v) is 2.34. The molecule has 0 aliphatic rings. The third-order valence-electron chi connectivity index (χ3n) is 3.47. The Labute approximate surface area is 153 Å². The molecule has 0 fully saturated rings. The van der Waals surface area contributed by atoms with Gasteiger partial charge in [0.2, 0.25) is 5.78 Å². The number of aliphatic hydroxyl groups excluding tert-OH is 1. The van der Waals surface area contributed by atoms with Crippen LogP contribution in [0.2, 0.25) is 0 Å². The molecule has 1 heterocycles. The minimum absolute atomic E-state index is 0.0294. The van der Waals surface area contributed by atoms with Gasteiger partial charge < -0.3 is 15.2 Å². The number of carbonyl (C=O) groups is 1. The summed E-state index contributed by atoms with van der Waals surface area (Å²) >= 11 is 2.98. The van der Waals surface area contributed by atoms with E-state index in [0.29, 0.717) is 13.0 Å². The standard InChI is InChI=1S/C18H18BrFN2O3/c1-3-12(23)8-16(24)17-15(9-14(20)18(19)22-17)21-10-11-4-6-13(25-2)7-5-11/h4-9,21,23H,3,10H2,1-2H3. The van der Waals surface area contributed by atoms with Crippen LogP contribution in [0, 0.1) is 5.82 Å². The van der Waals surface area contributed by atoms with E-state index in [0.717, 1.165) is 17.4 Å². The number of nitrogens with one attached hydrogen (secondary N) is 1. The molecular formula is C18H18BrFN2O3. The zero-order valence-electron chi connectivity index (χ0n) is 13.8. The molecule has 2 N–H and O–H groups in total. The van der Waals surface area contributed by atoms with E-state index in [1.165, 1.54) is 6.07 Å². The Morgan fingerprint density at radius 3 is 2.68 bits per heavy atom. The molecule has 132 valence electrons. The number of ketones is 1. The summed E-state index contributed by atoms with van der Waals surface area (Å²) in [5.74, 6) is -0.417. The van der Waals surface area contributed by atoms with Crippen molar-refractivity contribution < 1.29 is 19.0 Å². The fraction of sp³-hybridized carbons (Fsp3) is 0.222. The molecule has 0 bridgehead atoms. The van der Waals surface area contributed by atoms with E-state index >= 15 is 0 Å². The lowest BCUT2D eigenvalue weighted by Gasteiger charge is -2.11. The summed E-state index contributed by atoms with van der Waals surface area (Å²) in [5.41, 5.74) is 1.21. The third kappa shape index (κ3) is 5.03. The number of allylic oxidation sites excluding steroid dienone is 2. The largest absolute Gasteiger partial charge is 0.512 e. The molecular weight excluding hydrogens is 391 g/mol. The monoisotopic (exact) mass is 408 g/mol. The number of hydrogen-bond acceptors (Lipinski definition) is 5. The second-order valence-electron chi connectivity index (χ2n) is 5.21. The Hall–Kier alpha value is -2.41. The number of hydrogen-bond donors (Lipinski definition) is 2. The lowest BCUT2D eigenvalue weighted by Crippen LogP contribution is -2.10. The zero-order valence-corrected chi connectivity index (χ0v) is 15.4. The van der Waals surface area contributed by atoms with Gasteiger partial charge in [0.1, 0.15) is 16.0 Å². The van der Waals surface area contributed by atoms with Crippen LogP contribution < -0.4 is 10.1 Å². The molecule has 2 aromatic rings. The molecule has 0 unspecified atom stereocenters. The van der Waals surface area contributed by atoms with Crippen LogP contribution in [0.15, 0.2) is 46.8 Å². The first-order valence-electron chi connectivity index (χ1n) is 7.61. The number of ether oxygens (including phenoxy) is 1. The summed E-state index contributed by atoms with van der Waals surface area (Å²) in [6.07, 6.45) is 1.41. The Balaban J connectivity index is 2.26. The van der Waals surface area contributed by atoms with Gasteiger partial charge in [0.15, 0.2) is 5.82 Å². The molecule has 7 heteroatoms. The van der Waals surface area contributed by atoms with Gasteiger partial charge >= 0.3 is 0 Å². The Kier molecular flexibility index (Phi) is 6.52. The van der Waals surface area contributed by atoms with Crippen molar-refractivity contribution in [2.75, 3.05) is 12.4 Å². The van der Waals surface area contributed by atoms with Crippen LogP contribution in [0.4, 0.5) is 10.1 Å². The number of halogens is 2. The Morgan fingerprint density at radius 1 is 1.40 bits per heavy atom. The maximum atomic E-state index is 13.8. The summed E-state index contributed by atoms with van der Waals surface area (Å²) < 4.78 is 18.9. The fourth-order valence-electron chi connectivity index (χ4n) is 2.05. The van der Waals surface area contributed by atoms with Gasteiger partial charge in [-0.3, -0.25) is 4.79 Å².